The molecular formula is C24H19N3O3. The molecule has 148 valence electrons. The van der Waals surface area contributed by atoms with Gasteiger partial charge in [-0.2, -0.15) is 0 Å². The summed E-state index contributed by atoms with van der Waals surface area (Å²) in [6.45, 7) is 3.00. The number of hydrogen-bond donors (Lipinski definition) is 1. The van der Waals surface area contributed by atoms with Crippen molar-refractivity contribution in [1.82, 2.24) is 10.2 Å². The average molecular weight is 397 g/mol. The molecule has 0 fully saturated rings. The normalized spacial score (nSPS) is 12.6. The topological polar surface area (TPSA) is 73.3 Å². The molecule has 2 heterocycles. The van der Waals surface area contributed by atoms with Gasteiger partial charge in [0.1, 0.15) is 18.9 Å². The number of aromatic nitrogens is 2. The molecule has 6 nitrogen and oxygen atoms in total. The number of hydrogen-bond acceptors (Lipinski definition) is 5. The molecule has 0 bridgehead atoms. The molecule has 0 radical (unpaired) electrons. The Kier molecular flexibility index (Phi) is 4.52. The minimum atomic E-state index is -0.254. The van der Waals surface area contributed by atoms with Gasteiger partial charge in [-0.3, -0.25) is 4.79 Å². The minimum absolute atomic E-state index is 0.254. The first-order valence-corrected chi connectivity index (χ1v) is 9.72. The van der Waals surface area contributed by atoms with Gasteiger partial charge < -0.3 is 14.8 Å². The van der Waals surface area contributed by atoms with Gasteiger partial charge in [-0.05, 0) is 31.2 Å². The summed E-state index contributed by atoms with van der Waals surface area (Å²) in [5.74, 6) is 1.04. The number of amides is 1. The molecule has 1 aromatic heterocycles. The molecule has 0 atom stereocenters. The third-order valence-corrected chi connectivity index (χ3v) is 4.99. The van der Waals surface area contributed by atoms with Gasteiger partial charge in [-0.25, -0.2) is 0 Å². The number of benzene rings is 3. The predicted octanol–water partition coefficient (Wildman–Crippen LogP) is 4.63. The Labute approximate surface area is 173 Å². The maximum Gasteiger partial charge on any atom is 0.258 e. The molecule has 1 N–H and O–H groups in total. The smallest absolute Gasteiger partial charge is 0.258 e. The minimum Gasteiger partial charge on any atom is -0.486 e. The number of anilines is 1. The zero-order chi connectivity index (χ0) is 20.5. The van der Waals surface area contributed by atoms with E-state index in [0.29, 0.717) is 47.2 Å². The van der Waals surface area contributed by atoms with E-state index < -0.39 is 0 Å². The van der Waals surface area contributed by atoms with Crippen molar-refractivity contribution < 1.29 is 14.3 Å². The average Bonchev–Trinajstić information content (AvgIpc) is 2.78. The number of nitrogens with zero attached hydrogens (tertiary/aromatic N) is 2. The summed E-state index contributed by atoms with van der Waals surface area (Å²) in [4.78, 5) is 13.5. The molecule has 3 aromatic carbocycles. The van der Waals surface area contributed by atoms with Gasteiger partial charge in [-0.15, -0.1) is 10.2 Å². The number of aryl methyl sites for hydroxylation is 1. The van der Waals surface area contributed by atoms with E-state index in [0.717, 1.165) is 16.5 Å². The number of rotatable bonds is 3. The van der Waals surface area contributed by atoms with Gasteiger partial charge in [-0.1, -0.05) is 42.0 Å². The highest BCUT2D eigenvalue weighted by atomic mass is 16.6. The van der Waals surface area contributed by atoms with Crippen molar-refractivity contribution >= 4 is 22.5 Å². The molecule has 1 aliphatic heterocycles. The van der Waals surface area contributed by atoms with Crippen LogP contribution in [0.5, 0.6) is 11.5 Å². The largest absolute Gasteiger partial charge is 0.486 e. The van der Waals surface area contributed by atoms with Crippen molar-refractivity contribution in [2.45, 2.75) is 6.92 Å². The van der Waals surface area contributed by atoms with E-state index >= 15 is 0 Å². The lowest BCUT2D eigenvalue weighted by atomic mass is 10.00. The Hall–Kier alpha value is -3.93. The highest BCUT2D eigenvalue weighted by Crippen LogP contribution is 2.34. The monoisotopic (exact) mass is 397 g/mol. The van der Waals surface area contributed by atoms with Crippen LogP contribution < -0.4 is 14.8 Å². The summed E-state index contributed by atoms with van der Waals surface area (Å²) in [5, 5.41) is 12.5. The van der Waals surface area contributed by atoms with Crippen LogP contribution in [0.3, 0.4) is 0 Å². The van der Waals surface area contributed by atoms with Crippen molar-refractivity contribution in [1.29, 1.82) is 0 Å². The highest BCUT2D eigenvalue weighted by molar-refractivity contribution is 6.16. The van der Waals surface area contributed by atoms with Gasteiger partial charge in [0.2, 0.25) is 0 Å². The molecule has 1 amide bonds. The maximum absolute atomic E-state index is 13.5. The van der Waals surface area contributed by atoms with Crippen molar-refractivity contribution in [3.63, 3.8) is 0 Å². The van der Waals surface area contributed by atoms with Crippen LogP contribution in [0.4, 0.5) is 5.69 Å². The lowest BCUT2D eigenvalue weighted by Gasteiger charge is -2.19. The Morgan fingerprint density at radius 3 is 2.53 bits per heavy atom. The van der Waals surface area contributed by atoms with Crippen LogP contribution in [-0.4, -0.2) is 29.3 Å². The predicted molar refractivity (Wildman–Crippen MR) is 115 cm³/mol. The van der Waals surface area contributed by atoms with E-state index in [1.807, 2.05) is 55.5 Å². The van der Waals surface area contributed by atoms with Gasteiger partial charge in [0.05, 0.1) is 11.1 Å². The van der Waals surface area contributed by atoms with E-state index in [1.54, 1.807) is 18.2 Å². The van der Waals surface area contributed by atoms with Gasteiger partial charge in [0, 0.05) is 22.7 Å². The molecule has 1 aliphatic rings. The fraction of sp³-hybridized carbons (Fsp3) is 0.125. The van der Waals surface area contributed by atoms with Crippen LogP contribution >= 0.6 is 0 Å². The number of fused-ring (bicyclic) bond motifs is 2. The SMILES string of the molecule is Cc1ccc2nnc(-c3ccccc3)c(C(=O)Nc3ccc4c(c3)OCCO4)c2c1. The van der Waals surface area contributed by atoms with Crippen molar-refractivity contribution in [3.05, 3.63) is 77.9 Å². The molecule has 5 rings (SSSR count). The molecule has 0 saturated heterocycles. The first-order valence-electron chi connectivity index (χ1n) is 9.72. The summed E-state index contributed by atoms with van der Waals surface area (Å²) in [5.41, 5.74) is 4.21. The fourth-order valence-corrected chi connectivity index (χ4v) is 3.56. The zero-order valence-corrected chi connectivity index (χ0v) is 16.4. The van der Waals surface area contributed by atoms with Crippen LogP contribution in [0.1, 0.15) is 15.9 Å². The molecule has 4 aromatic rings. The molecular weight excluding hydrogens is 378 g/mol. The van der Waals surface area contributed by atoms with E-state index in [2.05, 4.69) is 15.5 Å². The van der Waals surface area contributed by atoms with Crippen LogP contribution in [0, 0.1) is 6.92 Å². The quantitative estimate of drug-likeness (QED) is 0.546. The molecule has 0 aliphatic carbocycles. The van der Waals surface area contributed by atoms with Gasteiger partial charge >= 0.3 is 0 Å². The lowest BCUT2D eigenvalue weighted by Crippen LogP contribution is -2.17. The lowest BCUT2D eigenvalue weighted by molar-refractivity contribution is 0.102. The molecule has 0 unspecified atom stereocenters. The standard InChI is InChI=1S/C24H19N3O3/c1-15-7-9-19-18(13-15)22(23(27-26-19)16-5-3-2-4-6-16)24(28)25-17-8-10-20-21(14-17)30-12-11-29-20/h2-10,13-14H,11-12H2,1H3,(H,25,28). The Balaban J connectivity index is 1.61. The zero-order valence-electron chi connectivity index (χ0n) is 16.4. The van der Waals surface area contributed by atoms with Crippen LogP contribution in [0.2, 0.25) is 0 Å². The van der Waals surface area contributed by atoms with E-state index in [1.165, 1.54) is 0 Å². The van der Waals surface area contributed by atoms with Crippen molar-refractivity contribution in [3.8, 4) is 22.8 Å². The molecule has 0 spiro atoms. The summed E-state index contributed by atoms with van der Waals surface area (Å²) in [7, 11) is 0. The van der Waals surface area contributed by atoms with Gasteiger partial charge in [0.15, 0.2) is 11.5 Å². The Morgan fingerprint density at radius 1 is 0.900 bits per heavy atom. The third-order valence-electron chi connectivity index (χ3n) is 4.99. The second-order valence-electron chi connectivity index (χ2n) is 7.12. The first-order chi connectivity index (χ1) is 14.7. The molecule has 0 saturated carbocycles. The summed E-state index contributed by atoms with van der Waals surface area (Å²) in [6.07, 6.45) is 0. The fourth-order valence-electron chi connectivity index (χ4n) is 3.56. The van der Waals surface area contributed by atoms with Gasteiger partial charge in [0.25, 0.3) is 5.91 Å². The van der Waals surface area contributed by atoms with Crippen LogP contribution in [-0.2, 0) is 0 Å². The molecule has 30 heavy (non-hydrogen) atoms. The Bertz CT molecular complexity index is 1260. The summed E-state index contributed by atoms with van der Waals surface area (Å²) in [6, 6.07) is 20.8. The number of carbonyl (C=O) groups is 1. The van der Waals surface area contributed by atoms with E-state index in [9.17, 15) is 4.79 Å². The maximum atomic E-state index is 13.5. The van der Waals surface area contributed by atoms with Crippen molar-refractivity contribution in [2.24, 2.45) is 0 Å². The summed E-state index contributed by atoms with van der Waals surface area (Å²) >= 11 is 0. The highest BCUT2D eigenvalue weighted by Gasteiger charge is 2.21. The van der Waals surface area contributed by atoms with E-state index in [-0.39, 0.29) is 5.91 Å². The number of nitrogens with one attached hydrogen (secondary N) is 1. The van der Waals surface area contributed by atoms with Crippen molar-refractivity contribution in [2.75, 3.05) is 18.5 Å². The molecule has 6 heteroatoms. The number of ether oxygens (including phenoxy) is 2. The second-order valence-corrected chi connectivity index (χ2v) is 7.12. The Morgan fingerprint density at radius 2 is 1.70 bits per heavy atom. The van der Waals surface area contributed by atoms with Crippen LogP contribution in [0.25, 0.3) is 22.2 Å². The first kappa shape index (κ1) is 18.1. The number of carbonyl (C=O) groups excluding carboxylic acids is 1. The van der Waals surface area contributed by atoms with E-state index in [4.69, 9.17) is 9.47 Å². The third kappa shape index (κ3) is 3.33. The second kappa shape index (κ2) is 7.48. The van der Waals surface area contributed by atoms with Crippen LogP contribution in [0.15, 0.2) is 66.7 Å². The summed E-state index contributed by atoms with van der Waals surface area (Å²) < 4.78 is 11.2.